The van der Waals surface area contributed by atoms with Crippen LogP contribution in [-0.2, 0) is 25.6 Å². The third-order valence-corrected chi connectivity index (χ3v) is 10.4. The number of thiophene rings is 1. The molecule has 34 heavy (non-hydrogen) atoms. The summed E-state index contributed by atoms with van der Waals surface area (Å²) in [6, 6.07) is 10.4. The molecule has 11 heteroatoms. The molecule has 1 aromatic carbocycles. The second kappa shape index (κ2) is 10.2. The SMILES string of the molecule is CC(C)CN(C[C@H]1CN(S(=O)(=O)c2cccs2)CCN1c1ccc(C(C)(C)O)cc1)S(C)(=O)=O. The van der Waals surface area contributed by atoms with Crippen LogP contribution in [-0.4, -0.2) is 75.6 Å². The first kappa shape index (κ1) is 27.1. The van der Waals surface area contributed by atoms with E-state index in [0.717, 1.165) is 11.3 Å². The largest absolute Gasteiger partial charge is 0.386 e. The van der Waals surface area contributed by atoms with Gasteiger partial charge in [-0.05, 0) is 48.9 Å². The molecule has 0 unspecified atom stereocenters. The van der Waals surface area contributed by atoms with Crippen molar-refractivity contribution >= 4 is 37.1 Å². The van der Waals surface area contributed by atoms with E-state index in [-0.39, 0.29) is 29.3 Å². The Kier molecular flexibility index (Phi) is 8.16. The topological polar surface area (TPSA) is 98.2 Å². The van der Waals surface area contributed by atoms with Gasteiger partial charge in [-0.25, -0.2) is 16.8 Å². The number of nitrogens with zero attached hydrogens (tertiary/aromatic N) is 3. The van der Waals surface area contributed by atoms with Crippen molar-refractivity contribution in [2.24, 2.45) is 5.92 Å². The van der Waals surface area contributed by atoms with Crippen LogP contribution >= 0.6 is 11.3 Å². The molecule has 1 aliphatic heterocycles. The minimum Gasteiger partial charge on any atom is -0.386 e. The summed E-state index contributed by atoms with van der Waals surface area (Å²) >= 11 is 1.18. The van der Waals surface area contributed by atoms with Gasteiger partial charge in [-0.1, -0.05) is 32.0 Å². The Hall–Kier alpha value is -1.50. The highest BCUT2D eigenvalue weighted by molar-refractivity contribution is 7.91. The molecule has 3 rings (SSSR count). The summed E-state index contributed by atoms with van der Waals surface area (Å²) in [6.07, 6.45) is 1.20. The lowest BCUT2D eigenvalue weighted by molar-refractivity contribution is 0.0786. The van der Waals surface area contributed by atoms with Crippen LogP contribution in [0.5, 0.6) is 0 Å². The zero-order chi connectivity index (χ0) is 25.3. The lowest BCUT2D eigenvalue weighted by atomic mass is 9.98. The van der Waals surface area contributed by atoms with Crippen molar-refractivity contribution in [2.75, 3.05) is 43.9 Å². The van der Waals surface area contributed by atoms with E-state index in [4.69, 9.17) is 0 Å². The van der Waals surface area contributed by atoms with Crippen LogP contribution in [0.4, 0.5) is 5.69 Å². The molecule has 2 aromatic rings. The molecule has 0 amide bonds. The monoisotopic (exact) mass is 529 g/mol. The fourth-order valence-corrected chi connectivity index (χ4v) is 7.75. The van der Waals surface area contributed by atoms with Crippen LogP contribution in [0.1, 0.15) is 33.3 Å². The van der Waals surface area contributed by atoms with Crippen LogP contribution in [0.3, 0.4) is 0 Å². The Bertz CT molecular complexity index is 1160. The van der Waals surface area contributed by atoms with E-state index in [0.29, 0.717) is 19.6 Å². The summed E-state index contributed by atoms with van der Waals surface area (Å²) in [5.41, 5.74) is 0.656. The van der Waals surface area contributed by atoms with Gasteiger partial charge >= 0.3 is 0 Å². The van der Waals surface area contributed by atoms with Crippen molar-refractivity contribution < 1.29 is 21.9 Å². The number of benzene rings is 1. The molecule has 0 spiro atoms. The summed E-state index contributed by atoms with van der Waals surface area (Å²) in [5, 5.41) is 12.0. The highest BCUT2D eigenvalue weighted by atomic mass is 32.2. The maximum absolute atomic E-state index is 13.2. The van der Waals surface area contributed by atoms with Crippen molar-refractivity contribution in [2.45, 2.75) is 43.5 Å². The highest BCUT2D eigenvalue weighted by Crippen LogP contribution is 2.29. The van der Waals surface area contributed by atoms with Gasteiger partial charge in [-0.2, -0.15) is 8.61 Å². The first-order chi connectivity index (χ1) is 15.7. The van der Waals surface area contributed by atoms with Crippen LogP contribution < -0.4 is 4.90 Å². The van der Waals surface area contributed by atoms with E-state index >= 15 is 0 Å². The van der Waals surface area contributed by atoms with Gasteiger partial charge < -0.3 is 10.0 Å². The van der Waals surface area contributed by atoms with Crippen molar-refractivity contribution in [3.8, 4) is 0 Å². The Balaban J connectivity index is 1.94. The molecule has 0 bridgehead atoms. The van der Waals surface area contributed by atoms with E-state index in [1.807, 2.05) is 38.1 Å². The predicted molar refractivity (Wildman–Crippen MR) is 137 cm³/mol. The fraction of sp³-hybridized carbons (Fsp3) is 0.565. The Morgan fingerprint density at radius 2 is 1.76 bits per heavy atom. The molecule has 1 fully saturated rings. The summed E-state index contributed by atoms with van der Waals surface area (Å²) in [5.74, 6) is 0.129. The molecular formula is C23H35N3O5S3. The van der Waals surface area contributed by atoms with Crippen molar-refractivity contribution in [1.82, 2.24) is 8.61 Å². The first-order valence-corrected chi connectivity index (χ1v) is 15.4. The number of rotatable bonds is 9. The van der Waals surface area contributed by atoms with E-state index in [1.54, 1.807) is 31.4 Å². The fourth-order valence-electron chi connectivity index (χ4n) is 4.13. The number of piperazine rings is 1. The molecule has 0 aliphatic carbocycles. The van der Waals surface area contributed by atoms with Crippen LogP contribution in [0.15, 0.2) is 46.0 Å². The van der Waals surface area contributed by atoms with Crippen LogP contribution in [0.25, 0.3) is 0 Å². The zero-order valence-electron chi connectivity index (χ0n) is 20.4. The third kappa shape index (κ3) is 6.38. The van der Waals surface area contributed by atoms with Gasteiger partial charge in [0.25, 0.3) is 10.0 Å². The number of hydrogen-bond donors (Lipinski definition) is 1. The van der Waals surface area contributed by atoms with E-state index in [9.17, 15) is 21.9 Å². The molecule has 8 nitrogen and oxygen atoms in total. The Labute approximate surface area is 207 Å². The highest BCUT2D eigenvalue weighted by Gasteiger charge is 2.37. The van der Waals surface area contributed by atoms with Gasteiger partial charge in [-0.15, -0.1) is 11.3 Å². The third-order valence-electron chi connectivity index (χ3n) is 5.89. The number of aliphatic hydroxyl groups is 1. The smallest absolute Gasteiger partial charge is 0.252 e. The molecule has 0 radical (unpaired) electrons. The van der Waals surface area contributed by atoms with Crippen molar-refractivity contribution in [3.05, 3.63) is 47.3 Å². The Morgan fingerprint density at radius 1 is 1.12 bits per heavy atom. The molecule has 1 aromatic heterocycles. The summed E-state index contributed by atoms with van der Waals surface area (Å²) < 4.78 is 54.7. The summed E-state index contributed by atoms with van der Waals surface area (Å²) in [7, 11) is -7.13. The standard InChI is InChI=1S/C23H35N3O5S3/c1-18(2)15-25(33(5,28)29)17-21-16-24(34(30,31)22-7-6-14-32-22)12-13-26(21)20-10-8-19(9-11-20)23(3,4)27/h6-11,14,18,21,27H,12-13,15-17H2,1-5H3/t21-/m1/s1. The van der Waals surface area contributed by atoms with Crippen LogP contribution in [0.2, 0.25) is 0 Å². The molecule has 1 aliphatic rings. The zero-order valence-corrected chi connectivity index (χ0v) is 22.8. The van der Waals surface area contributed by atoms with E-state index in [2.05, 4.69) is 4.90 Å². The molecule has 190 valence electrons. The average Bonchev–Trinajstić information content (AvgIpc) is 3.27. The molecule has 2 heterocycles. The summed E-state index contributed by atoms with van der Waals surface area (Å²) in [6.45, 7) is 8.80. The minimum atomic E-state index is -3.65. The maximum Gasteiger partial charge on any atom is 0.252 e. The van der Waals surface area contributed by atoms with E-state index < -0.39 is 25.6 Å². The van der Waals surface area contributed by atoms with Crippen LogP contribution in [0, 0.1) is 5.92 Å². The number of hydrogen-bond acceptors (Lipinski definition) is 7. The molecule has 1 N–H and O–H groups in total. The van der Waals surface area contributed by atoms with Gasteiger partial charge in [-0.3, -0.25) is 0 Å². The molecule has 0 saturated carbocycles. The average molecular weight is 530 g/mol. The first-order valence-electron chi connectivity index (χ1n) is 11.3. The van der Waals surface area contributed by atoms with Gasteiger partial charge in [0.05, 0.1) is 17.9 Å². The normalized spacial score (nSPS) is 18.7. The van der Waals surface area contributed by atoms with E-state index in [1.165, 1.54) is 26.2 Å². The van der Waals surface area contributed by atoms with Crippen molar-refractivity contribution in [3.63, 3.8) is 0 Å². The quantitative estimate of drug-likeness (QED) is 0.536. The molecule has 1 saturated heterocycles. The van der Waals surface area contributed by atoms with Gasteiger partial charge in [0.15, 0.2) is 0 Å². The number of sulfonamides is 2. The minimum absolute atomic E-state index is 0.129. The van der Waals surface area contributed by atoms with Gasteiger partial charge in [0.2, 0.25) is 10.0 Å². The van der Waals surface area contributed by atoms with Crippen molar-refractivity contribution in [1.29, 1.82) is 0 Å². The Morgan fingerprint density at radius 3 is 2.26 bits per heavy atom. The second-order valence-corrected chi connectivity index (χ2v) is 14.8. The molecule has 1 atom stereocenters. The van der Waals surface area contributed by atoms with Gasteiger partial charge in [0.1, 0.15) is 4.21 Å². The lowest BCUT2D eigenvalue weighted by Gasteiger charge is -2.43. The maximum atomic E-state index is 13.2. The second-order valence-electron chi connectivity index (χ2n) is 9.72. The summed E-state index contributed by atoms with van der Waals surface area (Å²) in [4.78, 5) is 2.08. The molecular weight excluding hydrogens is 494 g/mol. The lowest BCUT2D eigenvalue weighted by Crippen LogP contribution is -2.59. The van der Waals surface area contributed by atoms with Gasteiger partial charge in [0, 0.05) is 38.4 Å². The predicted octanol–water partition coefficient (Wildman–Crippen LogP) is 2.77. The number of anilines is 1.